The van der Waals surface area contributed by atoms with E-state index in [1.54, 1.807) is 36.4 Å². The van der Waals surface area contributed by atoms with Crippen molar-refractivity contribution in [3.63, 3.8) is 0 Å². The van der Waals surface area contributed by atoms with Crippen molar-refractivity contribution in [2.75, 3.05) is 18.1 Å². The maximum Gasteiger partial charge on any atom is 0.265 e. The molecule has 0 unspecified atom stereocenters. The highest BCUT2D eigenvalue weighted by Crippen LogP contribution is 2.31. The summed E-state index contributed by atoms with van der Waals surface area (Å²) in [6.45, 7) is 1.45. The van der Waals surface area contributed by atoms with Gasteiger partial charge in [0.25, 0.3) is 21.8 Å². The van der Waals surface area contributed by atoms with Gasteiger partial charge in [0.05, 0.1) is 10.6 Å². The summed E-state index contributed by atoms with van der Waals surface area (Å²) in [7, 11) is -3.91. The molecule has 1 heterocycles. The van der Waals surface area contributed by atoms with E-state index >= 15 is 0 Å². The molecular formula is C18H19N3O5S. The van der Waals surface area contributed by atoms with Gasteiger partial charge in [0.2, 0.25) is 0 Å². The number of nitrogens with zero attached hydrogens (tertiary/aromatic N) is 1. The molecular weight excluding hydrogens is 370 g/mol. The SMILES string of the molecule is CCc1ccc(S(=O)(=O)NNC(=O)CN2C(=O)COc3ccccc32)cc1. The molecule has 0 saturated carbocycles. The first kappa shape index (κ1) is 18.9. The van der Waals surface area contributed by atoms with E-state index < -0.39 is 15.9 Å². The lowest BCUT2D eigenvalue weighted by Crippen LogP contribution is -2.49. The Morgan fingerprint density at radius 3 is 2.56 bits per heavy atom. The molecule has 27 heavy (non-hydrogen) atoms. The van der Waals surface area contributed by atoms with Crippen LogP contribution in [0.2, 0.25) is 0 Å². The zero-order valence-corrected chi connectivity index (χ0v) is 15.5. The molecule has 0 saturated heterocycles. The molecule has 1 aliphatic rings. The Morgan fingerprint density at radius 1 is 1.15 bits per heavy atom. The Balaban J connectivity index is 1.65. The molecule has 2 amide bonds. The highest BCUT2D eigenvalue weighted by molar-refractivity contribution is 7.89. The van der Waals surface area contributed by atoms with Crippen LogP contribution in [0, 0.1) is 0 Å². The molecule has 0 aromatic heterocycles. The third-order valence-corrected chi connectivity index (χ3v) is 5.34. The number of nitrogens with one attached hydrogen (secondary N) is 2. The zero-order valence-electron chi connectivity index (χ0n) is 14.6. The molecule has 142 valence electrons. The molecule has 8 nitrogen and oxygen atoms in total. The number of para-hydroxylation sites is 2. The monoisotopic (exact) mass is 389 g/mol. The van der Waals surface area contributed by atoms with Crippen LogP contribution in [0.1, 0.15) is 12.5 Å². The summed E-state index contributed by atoms with van der Waals surface area (Å²) < 4.78 is 29.8. The van der Waals surface area contributed by atoms with E-state index in [0.717, 1.165) is 12.0 Å². The molecule has 3 rings (SSSR count). The van der Waals surface area contributed by atoms with E-state index in [0.29, 0.717) is 11.4 Å². The molecule has 9 heteroatoms. The predicted octanol–water partition coefficient (Wildman–Crippen LogP) is 0.984. The molecule has 0 spiro atoms. The second-order valence-electron chi connectivity index (χ2n) is 5.89. The van der Waals surface area contributed by atoms with E-state index in [4.69, 9.17) is 4.74 Å². The molecule has 2 aromatic carbocycles. The standard InChI is InChI=1S/C18H19N3O5S/c1-2-13-7-9-14(10-8-13)27(24,25)20-19-17(22)11-21-15-5-3-4-6-16(15)26-12-18(21)23/h3-10,20H,2,11-12H2,1H3,(H,19,22). The molecule has 2 N–H and O–H groups in total. The number of benzene rings is 2. The van der Waals surface area contributed by atoms with Crippen LogP contribution < -0.4 is 19.9 Å². The van der Waals surface area contributed by atoms with Gasteiger partial charge < -0.3 is 4.74 Å². The van der Waals surface area contributed by atoms with Crippen molar-refractivity contribution in [1.29, 1.82) is 0 Å². The quantitative estimate of drug-likeness (QED) is 0.717. The lowest BCUT2D eigenvalue weighted by atomic mass is 10.2. The molecule has 0 radical (unpaired) electrons. The minimum absolute atomic E-state index is 0.0350. The molecule has 0 aliphatic carbocycles. The third kappa shape index (κ3) is 4.26. The Kier molecular flexibility index (Phi) is 5.43. The fraction of sp³-hybridized carbons (Fsp3) is 0.222. The Hall–Kier alpha value is -2.91. The third-order valence-electron chi connectivity index (χ3n) is 4.08. The number of fused-ring (bicyclic) bond motifs is 1. The van der Waals surface area contributed by atoms with Crippen LogP contribution >= 0.6 is 0 Å². The number of sulfonamides is 1. The van der Waals surface area contributed by atoms with E-state index in [2.05, 4.69) is 5.43 Å². The van der Waals surface area contributed by atoms with Crippen molar-refractivity contribution in [2.45, 2.75) is 18.2 Å². The first-order chi connectivity index (χ1) is 12.9. The average Bonchev–Trinajstić information content (AvgIpc) is 2.69. The van der Waals surface area contributed by atoms with Crippen LogP contribution in [0.25, 0.3) is 0 Å². The minimum atomic E-state index is -3.91. The predicted molar refractivity (Wildman–Crippen MR) is 98.6 cm³/mol. The van der Waals surface area contributed by atoms with Gasteiger partial charge in [0.15, 0.2) is 6.61 Å². The number of hydrogen-bond donors (Lipinski definition) is 2. The fourth-order valence-corrected chi connectivity index (χ4v) is 3.46. The average molecular weight is 389 g/mol. The van der Waals surface area contributed by atoms with Crippen molar-refractivity contribution in [1.82, 2.24) is 10.3 Å². The second kappa shape index (κ2) is 7.77. The number of carbonyl (C=O) groups is 2. The highest BCUT2D eigenvalue weighted by Gasteiger charge is 2.27. The van der Waals surface area contributed by atoms with Crippen LogP contribution in [-0.4, -0.2) is 33.4 Å². The van der Waals surface area contributed by atoms with Crippen molar-refractivity contribution in [3.05, 3.63) is 54.1 Å². The number of hydrazine groups is 1. The van der Waals surface area contributed by atoms with Gasteiger partial charge in [0.1, 0.15) is 12.3 Å². The van der Waals surface area contributed by atoms with Gasteiger partial charge in [-0.15, -0.1) is 4.83 Å². The van der Waals surface area contributed by atoms with Gasteiger partial charge in [-0.25, -0.2) is 8.42 Å². The van der Waals surface area contributed by atoms with Gasteiger partial charge in [-0.2, -0.15) is 0 Å². The Labute approximate surface area is 157 Å². The van der Waals surface area contributed by atoms with Crippen molar-refractivity contribution in [3.8, 4) is 5.75 Å². The summed E-state index contributed by atoms with van der Waals surface area (Å²) >= 11 is 0. The van der Waals surface area contributed by atoms with Gasteiger partial charge in [-0.3, -0.25) is 19.9 Å². The number of anilines is 1. The largest absolute Gasteiger partial charge is 0.482 e. The summed E-state index contributed by atoms with van der Waals surface area (Å²) in [5, 5.41) is 0. The maximum atomic E-state index is 12.3. The van der Waals surface area contributed by atoms with Crippen molar-refractivity contribution in [2.24, 2.45) is 0 Å². The van der Waals surface area contributed by atoms with Crippen LogP contribution in [0.3, 0.4) is 0 Å². The first-order valence-electron chi connectivity index (χ1n) is 8.32. The number of hydrogen-bond acceptors (Lipinski definition) is 5. The zero-order chi connectivity index (χ0) is 19.4. The second-order valence-corrected chi connectivity index (χ2v) is 7.57. The number of aryl methyl sites for hydroxylation is 1. The van der Waals surface area contributed by atoms with Crippen LogP contribution in [0.4, 0.5) is 5.69 Å². The van der Waals surface area contributed by atoms with Crippen LogP contribution in [-0.2, 0) is 26.0 Å². The lowest BCUT2D eigenvalue weighted by molar-refractivity contribution is -0.125. The first-order valence-corrected chi connectivity index (χ1v) is 9.81. The Morgan fingerprint density at radius 2 is 1.85 bits per heavy atom. The van der Waals surface area contributed by atoms with Gasteiger partial charge in [-0.1, -0.05) is 31.2 Å². The molecule has 0 fully saturated rings. The van der Waals surface area contributed by atoms with E-state index in [1.807, 2.05) is 11.8 Å². The van der Waals surface area contributed by atoms with Gasteiger partial charge in [-0.05, 0) is 36.2 Å². The van der Waals surface area contributed by atoms with Crippen molar-refractivity contribution < 1.29 is 22.7 Å². The summed E-state index contributed by atoms with van der Waals surface area (Å²) in [6.07, 6.45) is 0.791. The summed E-state index contributed by atoms with van der Waals surface area (Å²) in [5.41, 5.74) is 3.60. The minimum Gasteiger partial charge on any atom is -0.482 e. The lowest BCUT2D eigenvalue weighted by Gasteiger charge is -2.28. The summed E-state index contributed by atoms with van der Waals surface area (Å²) in [6, 6.07) is 13.2. The van der Waals surface area contributed by atoms with Crippen LogP contribution in [0.5, 0.6) is 5.75 Å². The van der Waals surface area contributed by atoms with E-state index in [1.165, 1.54) is 17.0 Å². The highest BCUT2D eigenvalue weighted by atomic mass is 32.2. The maximum absolute atomic E-state index is 12.3. The number of ether oxygens (including phenoxy) is 1. The number of amides is 2. The number of rotatable bonds is 6. The summed E-state index contributed by atoms with van der Waals surface area (Å²) in [4.78, 5) is 27.6. The Bertz CT molecular complexity index is 957. The van der Waals surface area contributed by atoms with E-state index in [-0.39, 0.29) is 24.0 Å². The van der Waals surface area contributed by atoms with Gasteiger partial charge >= 0.3 is 0 Å². The molecule has 1 aliphatic heterocycles. The van der Waals surface area contributed by atoms with Gasteiger partial charge in [0, 0.05) is 0 Å². The molecule has 2 aromatic rings. The van der Waals surface area contributed by atoms with Crippen molar-refractivity contribution >= 4 is 27.5 Å². The topological polar surface area (TPSA) is 105 Å². The molecule has 0 bridgehead atoms. The summed E-state index contributed by atoms with van der Waals surface area (Å²) in [5.74, 6) is -0.572. The van der Waals surface area contributed by atoms with Crippen LogP contribution in [0.15, 0.2) is 53.4 Å². The molecule has 0 atom stereocenters. The number of carbonyl (C=O) groups excluding carboxylic acids is 2. The van der Waals surface area contributed by atoms with E-state index in [9.17, 15) is 18.0 Å². The normalized spacial score (nSPS) is 13.7. The smallest absolute Gasteiger partial charge is 0.265 e. The fourth-order valence-electron chi connectivity index (χ4n) is 2.60.